The van der Waals surface area contributed by atoms with E-state index in [9.17, 15) is 17.6 Å². The molecule has 1 aliphatic carbocycles. The number of carbonyl (C=O) groups excluding carboxylic acids is 1. The molecule has 26 heavy (non-hydrogen) atoms. The standard InChI is InChI=1S/C19H19FN2O3S/c20-16-6-1-14(2-7-16)5-12-19(23)21-13-15-3-10-18(11-4-15)26(24,25)22-17-8-9-17/h1-7,10-12,17,22H,8-9,13H2,(H,21,23). The number of hydrogen-bond donors (Lipinski definition) is 2. The number of amides is 1. The molecule has 0 aromatic heterocycles. The lowest BCUT2D eigenvalue weighted by Gasteiger charge is -2.07. The molecule has 0 atom stereocenters. The number of sulfonamides is 1. The lowest BCUT2D eigenvalue weighted by molar-refractivity contribution is -0.116. The maximum absolute atomic E-state index is 12.8. The molecule has 1 saturated carbocycles. The average molecular weight is 374 g/mol. The summed E-state index contributed by atoms with van der Waals surface area (Å²) in [4.78, 5) is 12.1. The Morgan fingerprint density at radius 3 is 2.35 bits per heavy atom. The van der Waals surface area contributed by atoms with E-state index in [4.69, 9.17) is 0 Å². The normalized spacial score (nSPS) is 14.5. The predicted octanol–water partition coefficient (Wildman–Crippen LogP) is 2.60. The number of hydrogen-bond acceptors (Lipinski definition) is 3. The van der Waals surface area contributed by atoms with Crippen LogP contribution in [-0.2, 0) is 21.4 Å². The van der Waals surface area contributed by atoms with E-state index in [2.05, 4.69) is 10.0 Å². The highest BCUT2D eigenvalue weighted by molar-refractivity contribution is 7.89. The largest absolute Gasteiger partial charge is 0.348 e. The first-order valence-corrected chi connectivity index (χ1v) is 9.73. The van der Waals surface area contributed by atoms with E-state index >= 15 is 0 Å². The summed E-state index contributed by atoms with van der Waals surface area (Å²) in [6.45, 7) is 0.281. The predicted molar refractivity (Wildman–Crippen MR) is 97.1 cm³/mol. The second-order valence-electron chi connectivity index (χ2n) is 6.14. The van der Waals surface area contributed by atoms with Crippen molar-refractivity contribution < 1.29 is 17.6 Å². The van der Waals surface area contributed by atoms with Gasteiger partial charge in [-0.3, -0.25) is 4.79 Å². The molecule has 0 bridgehead atoms. The molecule has 0 saturated heterocycles. The molecule has 2 N–H and O–H groups in total. The molecule has 0 unspecified atom stereocenters. The Morgan fingerprint density at radius 2 is 1.73 bits per heavy atom. The molecule has 5 nitrogen and oxygen atoms in total. The highest BCUT2D eigenvalue weighted by Gasteiger charge is 2.27. The second-order valence-corrected chi connectivity index (χ2v) is 7.86. The SMILES string of the molecule is O=C(C=Cc1ccc(F)cc1)NCc1ccc(S(=O)(=O)NC2CC2)cc1. The Kier molecular flexibility index (Phi) is 5.49. The molecule has 2 aromatic rings. The molecular formula is C19H19FN2O3S. The van der Waals surface area contributed by atoms with Crippen LogP contribution < -0.4 is 10.0 Å². The molecule has 1 aliphatic rings. The molecule has 0 radical (unpaired) electrons. The average Bonchev–Trinajstić information content (AvgIpc) is 3.43. The Labute approximate surface area is 152 Å². The Hall–Kier alpha value is -2.51. The van der Waals surface area contributed by atoms with Gasteiger partial charge >= 0.3 is 0 Å². The summed E-state index contributed by atoms with van der Waals surface area (Å²) in [6.07, 6.45) is 4.73. The highest BCUT2D eigenvalue weighted by atomic mass is 32.2. The summed E-state index contributed by atoms with van der Waals surface area (Å²) in [6, 6.07) is 12.3. The zero-order valence-electron chi connectivity index (χ0n) is 14.0. The van der Waals surface area contributed by atoms with Gasteiger partial charge in [0.1, 0.15) is 5.82 Å². The van der Waals surface area contributed by atoms with E-state index in [1.165, 1.54) is 30.3 Å². The van der Waals surface area contributed by atoms with Crippen molar-refractivity contribution in [1.29, 1.82) is 0 Å². The highest BCUT2D eigenvalue weighted by Crippen LogP contribution is 2.22. The zero-order chi connectivity index (χ0) is 18.6. The van der Waals surface area contributed by atoms with Crippen molar-refractivity contribution in [1.82, 2.24) is 10.0 Å². The molecule has 0 aliphatic heterocycles. The van der Waals surface area contributed by atoms with Crippen molar-refractivity contribution in [3.8, 4) is 0 Å². The smallest absolute Gasteiger partial charge is 0.244 e. The number of rotatable bonds is 7. The van der Waals surface area contributed by atoms with Gasteiger partial charge in [0.15, 0.2) is 0 Å². The number of benzene rings is 2. The van der Waals surface area contributed by atoms with Crippen molar-refractivity contribution in [3.05, 3.63) is 71.6 Å². The van der Waals surface area contributed by atoms with E-state index in [0.717, 1.165) is 24.0 Å². The summed E-state index contributed by atoms with van der Waals surface area (Å²) in [5.41, 5.74) is 1.51. The quantitative estimate of drug-likeness (QED) is 0.732. The van der Waals surface area contributed by atoms with Gasteiger partial charge in [0.25, 0.3) is 0 Å². The van der Waals surface area contributed by atoms with Crippen molar-refractivity contribution in [2.75, 3.05) is 0 Å². The third kappa shape index (κ3) is 5.24. The summed E-state index contributed by atoms with van der Waals surface area (Å²) in [5, 5.41) is 2.72. The fraction of sp³-hybridized carbons (Fsp3) is 0.211. The van der Waals surface area contributed by atoms with Gasteiger partial charge in [-0.2, -0.15) is 0 Å². The summed E-state index contributed by atoms with van der Waals surface area (Å²) in [5.74, 6) is -0.620. The third-order valence-electron chi connectivity index (χ3n) is 3.90. The lowest BCUT2D eigenvalue weighted by Crippen LogP contribution is -2.25. The van der Waals surface area contributed by atoms with Crippen LogP contribution in [0.15, 0.2) is 59.5 Å². The number of nitrogens with one attached hydrogen (secondary N) is 2. The summed E-state index contributed by atoms with van der Waals surface area (Å²) in [7, 11) is -3.46. The topological polar surface area (TPSA) is 75.3 Å². The molecule has 7 heteroatoms. The van der Waals surface area contributed by atoms with E-state index in [-0.39, 0.29) is 29.2 Å². The molecule has 1 amide bonds. The second kappa shape index (κ2) is 7.80. The first-order chi connectivity index (χ1) is 12.4. The van der Waals surface area contributed by atoms with Gasteiger partial charge < -0.3 is 5.32 Å². The Bertz CT molecular complexity index is 903. The zero-order valence-corrected chi connectivity index (χ0v) is 14.8. The minimum Gasteiger partial charge on any atom is -0.348 e. The Morgan fingerprint density at radius 1 is 1.08 bits per heavy atom. The Balaban J connectivity index is 1.52. The van der Waals surface area contributed by atoms with Crippen LogP contribution in [0.5, 0.6) is 0 Å². The lowest BCUT2D eigenvalue weighted by atomic mass is 10.2. The van der Waals surface area contributed by atoms with Crippen molar-refractivity contribution in [2.45, 2.75) is 30.3 Å². The van der Waals surface area contributed by atoms with Crippen molar-refractivity contribution in [2.24, 2.45) is 0 Å². The molecule has 2 aromatic carbocycles. The first-order valence-electron chi connectivity index (χ1n) is 8.25. The van der Waals surface area contributed by atoms with Crippen molar-refractivity contribution in [3.63, 3.8) is 0 Å². The van der Waals surface area contributed by atoms with Gasteiger partial charge in [-0.25, -0.2) is 17.5 Å². The molecule has 136 valence electrons. The molecular weight excluding hydrogens is 355 g/mol. The van der Waals surface area contributed by atoms with Gasteiger partial charge in [-0.1, -0.05) is 24.3 Å². The monoisotopic (exact) mass is 374 g/mol. The van der Waals surface area contributed by atoms with Crippen LogP contribution in [0, 0.1) is 5.82 Å². The molecule has 0 spiro atoms. The van der Waals surface area contributed by atoms with E-state index in [1.807, 2.05) is 0 Å². The fourth-order valence-corrected chi connectivity index (χ4v) is 3.57. The van der Waals surface area contributed by atoms with Gasteiger partial charge in [0.2, 0.25) is 15.9 Å². The first kappa shape index (κ1) is 18.3. The number of carbonyl (C=O) groups is 1. The van der Waals surface area contributed by atoms with Crippen molar-refractivity contribution >= 4 is 22.0 Å². The van der Waals surface area contributed by atoms with Gasteiger partial charge in [-0.05, 0) is 54.3 Å². The van der Waals surface area contributed by atoms with Gasteiger partial charge in [-0.15, -0.1) is 0 Å². The van der Waals surface area contributed by atoms with Crippen LogP contribution in [-0.4, -0.2) is 20.4 Å². The molecule has 3 rings (SSSR count). The molecule has 1 fully saturated rings. The van der Waals surface area contributed by atoms with Crippen LogP contribution in [0.1, 0.15) is 24.0 Å². The summed E-state index contributed by atoms with van der Waals surface area (Å²) >= 11 is 0. The summed E-state index contributed by atoms with van der Waals surface area (Å²) < 4.78 is 39.6. The van der Waals surface area contributed by atoms with Crippen LogP contribution in [0.25, 0.3) is 6.08 Å². The number of halogens is 1. The fourth-order valence-electron chi connectivity index (χ4n) is 2.27. The van der Waals surface area contributed by atoms with E-state index < -0.39 is 10.0 Å². The minimum atomic E-state index is -3.46. The maximum Gasteiger partial charge on any atom is 0.244 e. The van der Waals surface area contributed by atoms with Crippen LogP contribution >= 0.6 is 0 Å². The van der Waals surface area contributed by atoms with Crippen LogP contribution in [0.4, 0.5) is 4.39 Å². The van der Waals surface area contributed by atoms with Gasteiger partial charge in [0, 0.05) is 18.7 Å². The van der Waals surface area contributed by atoms with Crippen LogP contribution in [0.2, 0.25) is 0 Å². The minimum absolute atomic E-state index is 0.0619. The molecule has 0 heterocycles. The van der Waals surface area contributed by atoms with E-state index in [0.29, 0.717) is 0 Å². The van der Waals surface area contributed by atoms with Crippen LogP contribution in [0.3, 0.4) is 0 Å². The maximum atomic E-state index is 12.8. The third-order valence-corrected chi connectivity index (χ3v) is 5.43. The van der Waals surface area contributed by atoms with E-state index in [1.54, 1.807) is 30.3 Å². The van der Waals surface area contributed by atoms with Gasteiger partial charge in [0.05, 0.1) is 4.90 Å².